The van der Waals surface area contributed by atoms with Gasteiger partial charge in [-0.2, -0.15) is 0 Å². The summed E-state index contributed by atoms with van der Waals surface area (Å²) >= 11 is 0. The average Bonchev–Trinajstić information content (AvgIpc) is 2.52. The fourth-order valence-corrected chi connectivity index (χ4v) is 2.25. The third kappa shape index (κ3) is 5.65. The van der Waals surface area contributed by atoms with Crippen LogP contribution in [0, 0.1) is 5.92 Å². The van der Waals surface area contributed by atoms with E-state index in [1.54, 1.807) is 6.92 Å². The minimum Gasteiger partial charge on any atom is -0.466 e. The largest absolute Gasteiger partial charge is 0.466 e. The lowest BCUT2D eigenvalue weighted by Crippen LogP contribution is -2.43. The number of benzene rings is 1. The summed E-state index contributed by atoms with van der Waals surface area (Å²) < 4.78 is 4.83. The standard InChI is InChI=1S/C17H24N2O4/c1-11(2)15(19-17(21)22)14(16(20)23-4)12(3)18-10-13-8-6-5-7-9-13/h5-9,11,15,18-19H,10H2,1-4H3,(H,21,22)/b14-12-/t15-/m0/s1. The second kappa shape index (κ2) is 8.82. The maximum Gasteiger partial charge on any atom is 0.405 e. The Hall–Kier alpha value is -2.50. The number of carbonyl (C=O) groups is 2. The van der Waals surface area contributed by atoms with E-state index in [0.29, 0.717) is 17.8 Å². The van der Waals surface area contributed by atoms with Crippen LogP contribution in [-0.2, 0) is 16.1 Å². The van der Waals surface area contributed by atoms with Crippen molar-refractivity contribution in [1.29, 1.82) is 0 Å². The predicted molar refractivity (Wildman–Crippen MR) is 87.8 cm³/mol. The molecule has 0 fully saturated rings. The van der Waals surface area contributed by atoms with Crippen LogP contribution in [0.15, 0.2) is 41.6 Å². The van der Waals surface area contributed by atoms with Gasteiger partial charge < -0.3 is 20.5 Å². The third-order valence-corrected chi connectivity index (χ3v) is 3.47. The highest BCUT2D eigenvalue weighted by atomic mass is 16.5. The number of esters is 1. The Morgan fingerprint density at radius 1 is 1.22 bits per heavy atom. The quantitative estimate of drug-likeness (QED) is 0.531. The fraction of sp³-hybridized carbons (Fsp3) is 0.412. The molecule has 1 rings (SSSR count). The fourth-order valence-electron chi connectivity index (χ4n) is 2.25. The molecular weight excluding hydrogens is 296 g/mol. The number of ether oxygens (including phenoxy) is 1. The van der Waals surface area contributed by atoms with Gasteiger partial charge in [0.25, 0.3) is 0 Å². The maximum absolute atomic E-state index is 12.1. The first-order valence-electron chi connectivity index (χ1n) is 7.43. The van der Waals surface area contributed by atoms with Crippen LogP contribution in [0.4, 0.5) is 4.79 Å². The van der Waals surface area contributed by atoms with E-state index in [0.717, 1.165) is 5.56 Å². The van der Waals surface area contributed by atoms with Gasteiger partial charge in [-0.05, 0) is 18.4 Å². The second-order valence-electron chi connectivity index (χ2n) is 5.54. The molecule has 0 bridgehead atoms. The molecule has 0 saturated heterocycles. The van der Waals surface area contributed by atoms with Crippen LogP contribution in [0.1, 0.15) is 26.3 Å². The Kier molecular flexibility index (Phi) is 7.12. The van der Waals surface area contributed by atoms with Gasteiger partial charge in [0.1, 0.15) is 0 Å². The second-order valence-corrected chi connectivity index (χ2v) is 5.54. The van der Waals surface area contributed by atoms with E-state index in [2.05, 4.69) is 10.6 Å². The SMILES string of the molecule is COC(=O)/C(=C(/C)NCc1ccccc1)[C@@H](NC(=O)O)C(C)C. The van der Waals surface area contributed by atoms with Crippen molar-refractivity contribution in [2.45, 2.75) is 33.4 Å². The highest BCUT2D eigenvalue weighted by Gasteiger charge is 2.28. The van der Waals surface area contributed by atoms with Crippen molar-refractivity contribution in [2.75, 3.05) is 7.11 Å². The maximum atomic E-state index is 12.1. The highest BCUT2D eigenvalue weighted by molar-refractivity contribution is 5.91. The van der Waals surface area contributed by atoms with E-state index in [4.69, 9.17) is 9.84 Å². The van der Waals surface area contributed by atoms with E-state index in [9.17, 15) is 9.59 Å². The van der Waals surface area contributed by atoms with Crippen LogP contribution in [0.2, 0.25) is 0 Å². The van der Waals surface area contributed by atoms with Crippen LogP contribution in [0.5, 0.6) is 0 Å². The molecule has 0 aromatic heterocycles. The van der Waals surface area contributed by atoms with Crippen molar-refractivity contribution in [3.05, 3.63) is 47.2 Å². The van der Waals surface area contributed by atoms with Gasteiger partial charge in [-0.25, -0.2) is 9.59 Å². The number of carbonyl (C=O) groups excluding carboxylic acids is 1. The lowest BCUT2D eigenvalue weighted by molar-refractivity contribution is -0.136. The zero-order valence-electron chi connectivity index (χ0n) is 13.9. The molecule has 0 aliphatic carbocycles. The molecule has 6 nitrogen and oxygen atoms in total. The van der Waals surface area contributed by atoms with E-state index < -0.39 is 18.1 Å². The smallest absolute Gasteiger partial charge is 0.405 e. The molecule has 0 spiro atoms. The molecule has 0 aliphatic rings. The number of hydrogen-bond donors (Lipinski definition) is 3. The number of nitrogens with one attached hydrogen (secondary N) is 2. The summed E-state index contributed by atoms with van der Waals surface area (Å²) in [6.45, 7) is 5.96. The van der Waals surface area contributed by atoms with E-state index in [1.807, 2.05) is 44.2 Å². The van der Waals surface area contributed by atoms with Crippen molar-refractivity contribution in [3.8, 4) is 0 Å². The van der Waals surface area contributed by atoms with Gasteiger partial charge in [0.15, 0.2) is 0 Å². The Morgan fingerprint density at radius 2 is 1.83 bits per heavy atom. The molecule has 23 heavy (non-hydrogen) atoms. The molecule has 1 aromatic rings. The predicted octanol–water partition coefficient (Wildman–Crippen LogP) is 2.52. The molecule has 0 aliphatic heterocycles. The van der Waals surface area contributed by atoms with Gasteiger partial charge in [-0.3, -0.25) is 0 Å². The van der Waals surface area contributed by atoms with Crippen LogP contribution in [0.3, 0.4) is 0 Å². The molecule has 1 aromatic carbocycles. The van der Waals surface area contributed by atoms with Gasteiger partial charge >= 0.3 is 12.1 Å². The number of methoxy groups -OCH3 is 1. The van der Waals surface area contributed by atoms with E-state index in [-0.39, 0.29) is 5.92 Å². The highest BCUT2D eigenvalue weighted by Crippen LogP contribution is 2.17. The molecule has 0 unspecified atom stereocenters. The summed E-state index contributed by atoms with van der Waals surface area (Å²) in [6.07, 6.45) is -1.18. The molecular formula is C17H24N2O4. The number of hydrogen-bond acceptors (Lipinski definition) is 4. The topological polar surface area (TPSA) is 87.7 Å². The molecule has 126 valence electrons. The van der Waals surface area contributed by atoms with Crippen molar-refractivity contribution in [1.82, 2.24) is 10.6 Å². The molecule has 0 radical (unpaired) electrons. The number of amides is 1. The third-order valence-electron chi connectivity index (χ3n) is 3.47. The van der Waals surface area contributed by atoms with Crippen LogP contribution in [0.25, 0.3) is 0 Å². The Balaban J connectivity index is 3.05. The lowest BCUT2D eigenvalue weighted by Gasteiger charge is -2.25. The molecule has 0 heterocycles. The van der Waals surface area contributed by atoms with Crippen LogP contribution >= 0.6 is 0 Å². The minimum absolute atomic E-state index is 0.103. The van der Waals surface area contributed by atoms with Gasteiger partial charge in [-0.15, -0.1) is 0 Å². The molecule has 1 atom stereocenters. The number of allylic oxidation sites excluding steroid dienone is 1. The summed E-state index contributed by atoms with van der Waals surface area (Å²) in [5, 5.41) is 14.6. The Bertz CT molecular complexity index is 567. The summed E-state index contributed by atoms with van der Waals surface area (Å²) in [5.74, 6) is -0.649. The summed E-state index contributed by atoms with van der Waals surface area (Å²) in [6, 6.07) is 9.07. The van der Waals surface area contributed by atoms with E-state index >= 15 is 0 Å². The first kappa shape index (κ1) is 18.5. The minimum atomic E-state index is -1.18. The number of rotatable bonds is 7. The molecule has 3 N–H and O–H groups in total. The molecule has 0 saturated carbocycles. The monoisotopic (exact) mass is 320 g/mol. The zero-order valence-corrected chi connectivity index (χ0v) is 13.9. The Morgan fingerprint density at radius 3 is 2.30 bits per heavy atom. The van der Waals surface area contributed by atoms with E-state index in [1.165, 1.54) is 7.11 Å². The van der Waals surface area contributed by atoms with Crippen molar-refractivity contribution in [3.63, 3.8) is 0 Å². The lowest BCUT2D eigenvalue weighted by atomic mass is 9.94. The number of carboxylic acid groups (broad SMARTS) is 1. The van der Waals surface area contributed by atoms with Crippen molar-refractivity contribution >= 4 is 12.1 Å². The van der Waals surface area contributed by atoms with Gasteiger partial charge in [0, 0.05) is 12.2 Å². The van der Waals surface area contributed by atoms with Crippen molar-refractivity contribution in [2.24, 2.45) is 5.92 Å². The van der Waals surface area contributed by atoms with Crippen LogP contribution in [-0.4, -0.2) is 30.3 Å². The van der Waals surface area contributed by atoms with Gasteiger partial charge in [0.05, 0.1) is 18.7 Å². The normalized spacial score (nSPS) is 13.1. The van der Waals surface area contributed by atoms with Gasteiger partial charge in [0.2, 0.25) is 0 Å². The van der Waals surface area contributed by atoms with Crippen molar-refractivity contribution < 1.29 is 19.4 Å². The van der Waals surface area contributed by atoms with Gasteiger partial charge in [-0.1, -0.05) is 44.2 Å². The Labute approximate surface area is 136 Å². The summed E-state index contributed by atoms with van der Waals surface area (Å²) in [4.78, 5) is 23.2. The first-order valence-corrected chi connectivity index (χ1v) is 7.43. The summed E-state index contributed by atoms with van der Waals surface area (Å²) in [5.41, 5.74) is 1.94. The molecule has 1 amide bonds. The first-order chi connectivity index (χ1) is 10.9. The summed E-state index contributed by atoms with van der Waals surface area (Å²) in [7, 11) is 1.28. The average molecular weight is 320 g/mol. The van der Waals surface area contributed by atoms with Crippen LogP contribution < -0.4 is 10.6 Å². The molecule has 6 heteroatoms. The zero-order chi connectivity index (χ0) is 17.4.